The van der Waals surface area contributed by atoms with Crippen LogP contribution in [0.15, 0.2) is 52.9 Å². The van der Waals surface area contributed by atoms with Gasteiger partial charge in [0.1, 0.15) is 28.0 Å². The lowest BCUT2D eigenvalue weighted by Crippen LogP contribution is -2.16. The Morgan fingerprint density at radius 3 is 2.72 bits per heavy atom. The molecule has 1 saturated heterocycles. The normalized spacial score (nSPS) is 14.5. The van der Waals surface area contributed by atoms with Gasteiger partial charge in [0.2, 0.25) is 5.69 Å². The first kappa shape index (κ1) is 26.8. The van der Waals surface area contributed by atoms with Crippen LogP contribution in [0.4, 0.5) is 11.5 Å². The molecule has 4 aromatic rings. The van der Waals surface area contributed by atoms with Crippen molar-refractivity contribution in [2.45, 2.75) is 23.3 Å². The van der Waals surface area contributed by atoms with Gasteiger partial charge in [0.25, 0.3) is 0 Å². The van der Waals surface area contributed by atoms with E-state index in [0.29, 0.717) is 51.6 Å². The Morgan fingerprint density at radius 1 is 1.23 bits per heavy atom. The second-order valence-corrected chi connectivity index (χ2v) is 10.8. The fourth-order valence-corrected chi connectivity index (χ4v) is 6.07. The van der Waals surface area contributed by atoms with Crippen molar-refractivity contribution in [2.75, 3.05) is 26.1 Å². The van der Waals surface area contributed by atoms with Crippen LogP contribution in [-0.4, -0.2) is 36.4 Å². The van der Waals surface area contributed by atoms with Gasteiger partial charge in [-0.25, -0.2) is 14.8 Å². The van der Waals surface area contributed by atoms with E-state index in [1.54, 1.807) is 25.3 Å². The summed E-state index contributed by atoms with van der Waals surface area (Å²) in [7, 11) is 1.55. The Labute approximate surface area is 239 Å². The zero-order valence-electron chi connectivity index (χ0n) is 20.8. The molecule has 0 amide bonds. The molecule has 0 bridgehead atoms. The van der Waals surface area contributed by atoms with Crippen molar-refractivity contribution in [1.29, 1.82) is 5.26 Å². The molecule has 1 atom stereocenters. The monoisotopic (exact) mass is 575 g/mol. The molecule has 5 rings (SSSR count). The van der Waals surface area contributed by atoms with Crippen LogP contribution in [0.25, 0.3) is 26.5 Å². The zero-order chi connectivity index (χ0) is 27.4. The average molecular weight is 576 g/mol. The van der Waals surface area contributed by atoms with E-state index in [2.05, 4.69) is 15.9 Å². The van der Waals surface area contributed by atoms with Crippen molar-refractivity contribution >= 4 is 46.2 Å². The molecule has 0 radical (unpaired) electrons. The minimum absolute atomic E-state index is 0.0521. The number of methoxy groups -OCH3 is 1. The number of thioether (sulfide) groups is 1. The van der Waals surface area contributed by atoms with Crippen molar-refractivity contribution in [2.24, 2.45) is 0 Å². The Kier molecular flexibility index (Phi) is 8.20. The molecule has 11 heteroatoms. The smallest absolute Gasteiger partial charge is 0.236 e. The molecule has 8 nitrogen and oxygen atoms in total. The number of hydrogen-bond donors (Lipinski definition) is 1. The average Bonchev–Trinajstić information content (AvgIpc) is 3.65. The number of halogens is 1. The minimum Gasteiger partial charge on any atom is -0.493 e. The maximum atomic E-state index is 10.2. The summed E-state index contributed by atoms with van der Waals surface area (Å²) >= 11 is 8.88. The van der Waals surface area contributed by atoms with Gasteiger partial charge < -0.3 is 19.9 Å². The largest absolute Gasteiger partial charge is 0.493 e. The standard InChI is InChI=1S/C28H22ClN5O3S2/c1-32-25-24(17-5-8-22(23(11-17)35-2)37-20-9-10-36-13-20)21(12-30)28(34-26(25)31)39-15-19-14-38-27(33-19)16-3-6-18(29)7-4-16/h3-8,11,14,20H,9-10,13,15H2,2H3,(H2,31,34). The number of nitriles is 1. The molecule has 1 aliphatic rings. The first-order valence-electron chi connectivity index (χ1n) is 11.9. The number of nitrogens with two attached hydrogens (primary N) is 1. The second-order valence-electron chi connectivity index (χ2n) is 8.53. The molecule has 3 heterocycles. The van der Waals surface area contributed by atoms with Crippen LogP contribution in [0.5, 0.6) is 11.5 Å². The number of benzene rings is 2. The molecule has 1 fully saturated rings. The lowest BCUT2D eigenvalue weighted by atomic mass is 9.99. The van der Waals surface area contributed by atoms with Crippen LogP contribution in [0, 0.1) is 17.9 Å². The van der Waals surface area contributed by atoms with E-state index in [9.17, 15) is 5.26 Å². The molecule has 39 heavy (non-hydrogen) atoms. The molecule has 2 aromatic carbocycles. The third-order valence-electron chi connectivity index (χ3n) is 6.02. The van der Waals surface area contributed by atoms with Crippen molar-refractivity contribution in [1.82, 2.24) is 9.97 Å². The van der Waals surface area contributed by atoms with E-state index < -0.39 is 0 Å². The summed E-state index contributed by atoms with van der Waals surface area (Å²) in [5.74, 6) is 1.59. The van der Waals surface area contributed by atoms with E-state index in [1.807, 2.05) is 29.6 Å². The number of anilines is 1. The molecular formula is C28H22ClN5O3S2. The quantitative estimate of drug-likeness (QED) is 0.177. The predicted octanol–water partition coefficient (Wildman–Crippen LogP) is 7.00. The first-order valence-corrected chi connectivity index (χ1v) is 14.1. The number of nitrogen functional groups attached to an aromatic ring is 1. The van der Waals surface area contributed by atoms with Crippen LogP contribution in [0.3, 0.4) is 0 Å². The number of thiazole rings is 1. The highest BCUT2D eigenvalue weighted by atomic mass is 35.5. The maximum Gasteiger partial charge on any atom is 0.236 e. The fourth-order valence-electron chi connectivity index (χ4n) is 4.12. The molecular weight excluding hydrogens is 554 g/mol. The second kappa shape index (κ2) is 11.9. The van der Waals surface area contributed by atoms with Crippen molar-refractivity contribution in [3.05, 3.63) is 75.5 Å². The fraction of sp³-hybridized carbons (Fsp3) is 0.214. The molecule has 0 aliphatic carbocycles. The van der Waals surface area contributed by atoms with Crippen molar-refractivity contribution in [3.8, 4) is 39.3 Å². The SMILES string of the molecule is [C-]#[N+]c1c(N)nc(SCc2csc(-c3ccc(Cl)cc3)n2)c(C#N)c1-c1ccc(OC2CCOC2)c(OC)c1. The van der Waals surface area contributed by atoms with Gasteiger partial charge in [-0.3, -0.25) is 0 Å². The Balaban J connectivity index is 1.45. The van der Waals surface area contributed by atoms with Gasteiger partial charge in [-0.15, -0.1) is 11.3 Å². The van der Waals surface area contributed by atoms with Crippen molar-refractivity contribution < 1.29 is 14.2 Å². The molecule has 1 unspecified atom stereocenters. The maximum absolute atomic E-state index is 10.2. The minimum atomic E-state index is -0.0521. The van der Waals surface area contributed by atoms with E-state index in [-0.39, 0.29) is 23.2 Å². The van der Waals surface area contributed by atoms with Gasteiger partial charge in [-0.05, 0) is 29.8 Å². The lowest BCUT2D eigenvalue weighted by molar-refractivity contribution is 0.138. The van der Waals surface area contributed by atoms with Gasteiger partial charge in [-0.2, -0.15) is 5.26 Å². The Bertz CT molecular complexity index is 1590. The zero-order valence-corrected chi connectivity index (χ0v) is 23.2. The van der Waals surface area contributed by atoms with Crippen LogP contribution >= 0.6 is 34.7 Å². The van der Waals surface area contributed by atoms with Gasteiger partial charge in [0, 0.05) is 33.7 Å². The third-order valence-corrected chi connectivity index (χ3v) is 8.22. The topological polar surface area (TPSA) is 108 Å². The van der Waals surface area contributed by atoms with E-state index in [0.717, 1.165) is 22.7 Å². The molecule has 1 aliphatic heterocycles. The molecule has 196 valence electrons. The summed E-state index contributed by atoms with van der Waals surface area (Å²) in [6, 6.07) is 15.1. The van der Waals surface area contributed by atoms with Gasteiger partial charge in [0.05, 0.1) is 38.2 Å². The van der Waals surface area contributed by atoms with Crippen LogP contribution in [-0.2, 0) is 10.5 Å². The first-order chi connectivity index (χ1) is 19.0. The Hall–Kier alpha value is -3.80. The lowest BCUT2D eigenvalue weighted by Gasteiger charge is -2.17. The van der Waals surface area contributed by atoms with Gasteiger partial charge in [0.15, 0.2) is 11.5 Å². The van der Waals surface area contributed by atoms with Crippen molar-refractivity contribution in [3.63, 3.8) is 0 Å². The van der Waals surface area contributed by atoms with Gasteiger partial charge >= 0.3 is 0 Å². The summed E-state index contributed by atoms with van der Waals surface area (Å²) in [5, 5.41) is 14.1. The van der Waals surface area contributed by atoms with Crippen LogP contribution in [0.1, 0.15) is 17.7 Å². The number of ether oxygens (including phenoxy) is 3. The number of pyridine rings is 1. The molecule has 2 aromatic heterocycles. The van der Waals surface area contributed by atoms with E-state index in [4.69, 9.17) is 43.1 Å². The van der Waals surface area contributed by atoms with Crippen LogP contribution in [0.2, 0.25) is 5.02 Å². The number of rotatable bonds is 8. The number of hydrogen-bond acceptors (Lipinski definition) is 9. The summed E-state index contributed by atoms with van der Waals surface area (Å²) in [4.78, 5) is 12.7. The molecule has 2 N–H and O–H groups in total. The highest BCUT2D eigenvalue weighted by Gasteiger charge is 2.24. The van der Waals surface area contributed by atoms with E-state index >= 15 is 0 Å². The Morgan fingerprint density at radius 2 is 2.03 bits per heavy atom. The highest BCUT2D eigenvalue weighted by Crippen LogP contribution is 2.44. The number of aromatic nitrogens is 2. The predicted molar refractivity (Wildman–Crippen MR) is 154 cm³/mol. The van der Waals surface area contributed by atoms with Crippen LogP contribution < -0.4 is 15.2 Å². The third kappa shape index (κ3) is 5.80. The molecule has 0 saturated carbocycles. The summed E-state index contributed by atoms with van der Waals surface area (Å²) < 4.78 is 17.0. The number of nitrogens with zero attached hydrogens (tertiary/aromatic N) is 4. The summed E-state index contributed by atoms with van der Waals surface area (Å²) in [6.07, 6.45) is 0.747. The molecule has 0 spiro atoms. The van der Waals surface area contributed by atoms with Gasteiger partial charge in [-0.1, -0.05) is 41.6 Å². The summed E-state index contributed by atoms with van der Waals surface area (Å²) in [6.45, 7) is 8.92. The summed E-state index contributed by atoms with van der Waals surface area (Å²) in [5.41, 5.74) is 9.46. The highest BCUT2D eigenvalue weighted by molar-refractivity contribution is 7.98. The van der Waals surface area contributed by atoms with E-state index in [1.165, 1.54) is 23.1 Å².